The van der Waals surface area contributed by atoms with Gasteiger partial charge in [-0.3, -0.25) is 9.59 Å². The van der Waals surface area contributed by atoms with Crippen molar-refractivity contribution in [3.05, 3.63) is 34.6 Å². The van der Waals surface area contributed by atoms with Gasteiger partial charge in [0.2, 0.25) is 15.6 Å². The van der Waals surface area contributed by atoms with Crippen molar-refractivity contribution in [2.24, 2.45) is 0 Å². The van der Waals surface area contributed by atoms with Crippen molar-refractivity contribution in [1.82, 2.24) is 9.21 Å². The van der Waals surface area contributed by atoms with E-state index in [1.165, 1.54) is 21.3 Å². The molecule has 0 bridgehead atoms. The van der Waals surface area contributed by atoms with E-state index < -0.39 is 33.1 Å². The summed E-state index contributed by atoms with van der Waals surface area (Å²) in [6.45, 7) is 0.658. The Kier molecular flexibility index (Phi) is 5.82. The fourth-order valence-electron chi connectivity index (χ4n) is 3.82. The van der Waals surface area contributed by atoms with Crippen molar-refractivity contribution < 1.29 is 27.5 Å². The van der Waals surface area contributed by atoms with Crippen molar-refractivity contribution in [2.75, 3.05) is 25.9 Å². The fourth-order valence-corrected chi connectivity index (χ4v) is 4.95. The largest absolute Gasteiger partial charge is 0.373 e. The quantitative estimate of drug-likeness (QED) is 0.676. The van der Waals surface area contributed by atoms with Crippen LogP contribution in [0.4, 0.5) is 4.39 Å². The Morgan fingerprint density at radius 1 is 1.36 bits per heavy atom. The Hall–Kier alpha value is -1.55. The van der Waals surface area contributed by atoms with E-state index in [0.29, 0.717) is 18.5 Å². The van der Waals surface area contributed by atoms with Crippen molar-refractivity contribution in [3.63, 3.8) is 0 Å². The van der Waals surface area contributed by atoms with Crippen LogP contribution in [0.25, 0.3) is 0 Å². The average Bonchev–Trinajstić information content (AvgIpc) is 3.18. The number of carbonyl (C=O) groups is 2. The van der Waals surface area contributed by atoms with Crippen molar-refractivity contribution in [1.29, 1.82) is 0 Å². The van der Waals surface area contributed by atoms with Crippen LogP contribution in [0.3, 0.4) is 0 Å². The molecule has 2 saturated heterocycles. The summed E-state index contributed by atoms with van der Waals surface area (Å²) in [4.78, 5) is 26.7. The number of likely N-dealkylation sites (tertiary alicyclic amines) is 1. The zero-order valence-electron chi connectivity index (χ0n) is 15.4. The lowest BCUT2D eigenvalue weighted by Gasteiger charge is -2.26. The molecule has 1 amide bonds. The van der Waals surface area contributed by atoms with E-state index in [4.69, 9.17) is 11.6 Å². The second kappa shape index (κ2) is 7.70. The normalized spacial score (nSPS) is 26.2. The van der Waals surface area contributed by atoms with E-state index in [-0.39, 0.29) is 43.4 Å². The van der Waals surface area contributed by atoms with E-state index >= 15 is 0 Å². The van der Waals surface area contributed by atoms with Crippen molar-refractivity contribution in [2.45, 2.75) is 37.3 Å². The number of aryl methyl sites for hydroxylation is 1. The molecule has 0 aromatic heterocycles. The summed E-state index contributed by atoms with van der Waals surface area (Å²) in [5.74, 6) is -1.83. The number of benzene rings is 1. The maximum absolute atomic E-state index is 13.4. The first kappa shape index (κ1) is 21.2. The Morgan fingerprint density at radius 3 is 2.68 bits per heavy atom. The molecular formula is C18H22ClFN2O5S. The molecule has 154 valence electrons. The van der Waals surface area contributed by atoms with Crippen LogP contribution in [-0.2, 0) is 26.0 Å². The highest BCUT2D eigenvalue weighted by atomic mass is 35.5. The minimum Gasteiger partial charge on any atom is -0.373 e. The molecule has 0 saturated carbocycles. The van der Waals surface area contributed by atoms with Gasteiger partial charge in [0.1, 0.15) is 5.82 Å². The Morgan fingerprint density at radius 2 is 2.07 bits per heavy atom. The van der Waals surface area contributed by atoms with Crippen LogP contribution in [0.5, 0.6) is 0 Å². The van der Waals surface area contributed by atoms with Gasteiger partial charge < -0.3 is 10.0 Å². The van der Waals surface area contributed by atoms with Crippen LogP contribution < -0.4 is 0 Å². The lowest BCUT2D eigenvalue weighted by molar-refractivity contribution is -0.154. The number of amides is 1. The first-order chi connectivity index (χ1) is 13.0. The van der Waals surface area contributed by atoms with Crippen LogP contribution in [0.1, 0.15) is 24.8 Å². The molecule has 10 heteroatoms. The number of hydrogen-bond acceptors (Lipinski definition) is 5. The highest BCUT2D eigenvalue weighted by Gasteiger charge is 2.52. The number of halogens is 2. The molecule has 0 radical (unpaired) electrons. The van der Waals surface area contributed by atoms with Gasteiger partial charge in [-0.25, -0.2) is 17.1 Å². The molecule has 1 N–H and O–H groups in total. The van der Waals surface area contributed by atoms with Gasteiger partial charge in [0, 0.05) is 43.5 Å². The van der Waals surface area contributed by atoms with Gasteiger partial charge in [0.15, 0.2) is 5.78 Å². The van der Waals surface area contributed by atoms with E-state index in [0.717, 1.165) is 12.3 Å². The first-order valence-corrected chi connectivity index (χ1v) is 11.2. The Labute approximate surface area is 168 Å². The minimum absolute atomic E-state index is 0.0377. The predicted octanol–water partition coefficient (Wildman–Crippen LogP) is 0.978. The van der Waals surface area contributed by atoms with E-state index in [2.05, 4.69) is 0 Å². The molecule has 1 aromatic rings. The van der Waals surface area contributed by atoms with E-state index in [1.807, 2.05) is 0 Å². The summed E-state index contributed by atoms with van der Waals surface area (Å²) in [7, 11) is -3.35. The summed E-state index contributed by atoms with van der Waals surface area (Å²) in [6.07, 6.45) is 1.56. The van der Waals surface area contributed by atoms with Gasteiger partial charge in [0.05, 0.1) is 6.26 Å². The predicted molar refractivity (Wildman–Crippen MR) is 101 cm³/mol. The summed E-state index contributed by atoms with van der Waals surface area (Å²) < 4.78 is 38.0. The molecule has 2 heterocycles. The molecule has 0 aliphatic carbocycles. The highest BCUT2D eigenvalue weighted by Crippen LogP contribution is 2.31. The zero-order chi connectivity index (χ0) is 20.7. The van der Waals surface area contributed by atoms with Crippen molar-refractivity contribution >= 4 is 33.3 Å². The fraction of sp³-hybridized carbons (Fsp3) is 0.556. The molecule has 3 rings (SSSR count). The van der Waals surface area contributed by atoms with Gasteiger partial charge in [-0.15, -0.1) is 0 Å². The van der Waals surface area contributed by atoms with Crippen molar-refractivity contribution in [3.8, 4) is 0 Å². The third kappa shape index (κ3) is 4.22. The number of nitrogens with zero attached hydrogens (tertiary/aromatic N) is 2. The Bertz CT molecular complexity index is 889. The summed E-state index contributed by atoms with van der Waals surface area (Å²) in [6, 6.07) is 3.58. The van der Waals surface area contributed by atoms with Gasteiger partial charge in [-0.05, 0) is 36.6 Å². The van der Waals surface area contributed by atoms with Crippen LogP contribution in [0.15, 0.2) is 18.2 Å². The zero-order valence-corrected chi connectivity index (χ0v) is 17.0. The van der Waals surface area contributed by atoms with Gasteiger partial charge in [-0.2, -0.15) is 0 Å². The average molecular weight is 433 g/mol. The maximum Gasteiger partial charge on any atom is 0.262 e. The van der Waals surface area contributed by atoms with E-state index in [9.17, 15) is 27.5 Å². The minimum atomic E-state index is -3.35. The number of aliphatic hydroxyl groups is 1. The second-order valence-corrected chi connectivity index (χ2v) is 9.79. The number of rotatable bonds is 6. The molecule has 7 nitrogen and oxygen atoms in total. The Balaban J connectivity index is 1.64. The summed E-state index contributed by atoms with van der Waals surface area (Å²) in [5.41, 5.74) is -1.61. The second-order valence-electron chi connectivity index (χ2n) is 7.37. The SMILES string of the molecule is CS(=O)(=O)N1CC[C@H](N2CCC(O)(C(=O)CCc3cc(F)cc(Cl)c3)C2=O)C1. The number of hydrogen-bond donors (Lipinski definition) is 1. The lowest BCUT2D eigenvalue weighted by Crippen LogP contribution is -2.49. The molecule has 2 aliphatic heterocycles. The highest BCUT2D eigenvalue weighted by molar-refractivity contribution is 7.88. The molecular weight excluding hydrogens is 411 g/mol. The van der Waals surface area contributed by atoms with Gasteiger partial charge in [0.25, 0.3) is 5.91 Å². The monoisotopic (exact) mass is 432 g/mol. The summed E-state index contributed by atoms with van der Waals surface area (Å²) in [5, 5.41) is 10.9. The molecule has 1 unspecified atom stereocenters. The molecule has 0 spiro atoms. The standard InChI is InChI=1S/C18H22ClFN2O5S/c1-28(26,27)21-6-4-15(11-21)22-7-5-18(25,17(22)24)16(23)3-2-12-8-13(19)10-14(20)9-12/h8-10,15,25H,2-7,11H2,1H3/t15-,18?/m0/s1. The van der Waals surface area contributed by atoms with Gasteiger partial charge >= 0.3 is 0 Å². The van der Waals surface area contributed by atoms with Crippen LogP contribution >= 0.6 is 11.6 Å². The summed E-state index contributed by atoms with van der Waals surface area (Å²) >= 11 is 5.80. The van der Waals surface area contributed by atoms with Crippen LogP contribution in [0, 0.1) is 5.82 Å². The molecule has 2 aliphatic rings. The van der Waals surface area contributed by atoms with E-state index in [1.54, 1.807) is 0 Å². The smallest absolute Gasteiger partial charge is 0.262 e. The molecule has 2 atom stereocenters. The first-order valence-electron chi connectivity index (χ1n) is 8.97. The van der Waals surface area contributed by atoms with Gasteiger partial charge in [-0.1, -0.05) is 11.6 Å². The molecule has 28 heavy (non-hydrogen) atoms. The third-order valence-electron chi connectivity index (χ3n) is 5.39. The third-order valence-corrected chi connectivity index (χ3v) is 6.88. The molecule has 1 aromatic carbocycles. The topological polar surface area (TPSA) is 95.0 Å². The lowest BCUT2D eigenvalue weighted by atomic mass is 9.92. The number of sulfonamides is 1. The van der Waals surface area contributed by atoms with Crippen LogP contribution in [-0.4, -0.2) is 72.0 Å². The number of Topliss-reactive ketones (excluding diaryl/α,β-unsaturated/α-hetero) is 1. The number of carbonyl (C=O) groups excluding carboxylic acids is 2. The number of ketones is 1. The maximum atomic E-state index is 13.4. The van der Waals surface area contributed by atoms with Crippen LogP contribution in [0.2, 0.25) is 5.02 Å². The molecule has 2 fully saturated rings.